The zero-order valence-corrected chi connectivity index (χ0v) is 9.76. The van der Waals surface area contributed by atoms with E-state index in [-0.39, 0.29) is 0 Å². The molecule has 1 aliphatic carbocycles. The number of aromatic amines is 1. The van der Waals surface area contributed by atoms with Crippen LogP contribution in [0, 0.1) is 5.92 Å². The second-order valence-corrected chi connectivity index (χ2v) is 5.18. The SMILES string of the molecule is c1nc(N2CC[C@H]3CCC[C@H]32)c2cc[nH]c2n1. The lowest BCUT2D eigenvalue weighted by molar-refractivity contribution is 0.540. The molecule has 4 rings (SSSR count). The first-order valence-corrected chi connectivity index (χ1v) is 6.48. The smallest absolute Gasteiger partial charge is 0.142 e. The van der Waals surface area contributed by atoms with Crippen LogP contribution in [-0.2, 0) is 0 Å². The van der Waals surface area contributed by atoms with Gasteiger partial charge in [-0.05, 0) is 31.2 Å². The molecule has 2 aromatic heterocycles. The third kappa shape index (κ3) is 1.30. The first-order valence-electron chi connectivity index (χ1n) is 6.48. The average molecular weight is 228 g/mol. The monoisotopic (exact) mass is 228 g/mol. The number of anilines is 1. The van der Waals surface area contributed by atoms with Crippen LogP contribution < -0.4 is 4.90 Å². The number of H-pyrrole nitrogens is 1. The maximum Gasteiger partial charge on any atom is 0.142 e. The Hall–Kier alpha value is -1.58. The molecule has 0 aromatic carbocycles. The molecule has 4 nitrogen and oxygen atoms in total. The lowest BCUT2D eigenvalue weighted by Gasteiger charge is -2.25. The van der Waals surface area contributed by atoms with Crippen LogP contribution in [0.3, 0.4) is 0 Å². The number of hydrogen-bond acceptors (Lipinski definition) is 3. The van der Waals surface area contributed by atoms with Gasteiger partial charge in [-0.1, -0.05) is 6.42 Å². The van der Waals surface area contributed by atoms with Crippen LogP contribution >= 0.6 is 0 Å². The Balaban J connectivity index is 1.81. The standard InChI is InChI=1S/C13H16N4/c1-2-9-5-7-17(11(9)3-1)13-10-4-6-14-12(10)15-8-16-13/h4,6,8-9,11H,1-3,5,7H2,(H,14,15,16)/t9-,11-/m1/s1. The normalized spacial score (nSPS) is 27.9. The van der Waals surface area contributed by atoms with E-state index in [0.29, 0.717) is 0 Å². The number of nitrogens with zero attached hydrogens (tertiary/aromatic N) is 3. The number of rotatable bonds is 1. The highest BCUT2D eigenvalue weighted by Gasteiger charge is 2.38. The molecule has 1 saturated heterocycles. The molecular formula is C13H16N4. The van der Waals surface area contributed by atoms with Crippen LogP contribution in [0.5, 0.6) is 0 Å². The van der Waals surface area contributed by atoms with Crippen molar-refractivity contribution in [3.8, 4) is 0 Å². The molecule has 1 N–H and O–H groups in total. The minimum absolute atomic E-state index is 0.725. The first kappa shape index (κ1) is 9.45. The van der Waals surface area contributed by atoms with E-state index in [9.17, 15) is 0 Å². The van der Waals surface area contributed by atoms with Gasteiger partial charge in [-0.15, -0.1) is 0 Å². The fraction of sp³-hybridized carbons (Fsp3) is 0.538. The predicted octanol–water partition coefficient (Wildman–Crippen LogP) is 2.34. The van der Waals surface area contributed by atoms with E-state index in [4.69, 9.17) is 0 Å². The number of aromatic nitrogens is 3. The Morgan fingerprint density at radius 1 is 1.24 bits per heavy atom. The van der Waals surface area contributed by atoms with E-state index >= 15 is 0 Å². The van der Waals surface area contributed by atoms with Gasteiger partial charge in [-0.3, -0.25) is 0 Å². The van der Waals surface area contributed by atoms with E-state index in [1.54, 1.807) is 6.33 Å². The Kier molecular flexibility index (Phi) is 1.92. The Morgan fingerprint density at radius 3 is 3.24 bits per heavy atom. The van der Waals surface area contributed by atoms with Crippen molar-refractivity contribution in [1.82, 2.24) is 15.0 Å². The Labute approximate surface area is 100 Å². The maximum atomic E-state index is 4.52. The van der Waals surface area contributed by atoms with Crippen molar-refractivity contribution < 1.29 is 0 Å². The third-order valence-corrected chi connectivity index (χ3v) is 4.37. The topological polar surface area (TPSA) is 44.8 Å². The molecule has 2 aromatic rings. The summed E-state index contributed by atoms with van der Waals surface area (Å²) in [5.41, 5.74) is 0.955. The highest BCUT2D eigenvalue weighted by molar-refractivity contribution is 5.87. The summed E-state index contributed by atoms with van der Waals surface area (Å²) < 4.78 is 0. The van der Waals surface area contributed by atoms with Crippen molar-refractivity contribution in [2.75, 3.05) is 11.4 Å². The summed E-state index contributed by atoms with van der Waals surface area (Å²) in [6.07, 6.45) is 9.08. The largest absolute Gasteiger partial charge is 0.353 e. The molecule has 3 heterocycles. The van der Waals surface area contributed by atoms with Gasteiger partial charge in [0.25, 0.3) is 0 Å². The zero-order valence-electron chi connectivity index (χ0n) is 9.76. The summed E-state index contributed by atoms with van der Waals surface area (Å²) in [7, 11) is 0. The average Bonchev–Trinajstić information content (AvgIpc) is 3.04. The van der Waals surface area contributed by atoms with Gasteiger partial charge >= 0.3 is 0 Å². The minimum Gasteiger partial charge on any atom is -0.353 e. The zero-order chi connectivity index (χ0) is 11.2. The molecule has 0 spiro atoms. The van der Waals surface area contributed by atoms with Crippen molar-refractivity contribution in [2.45, 2.75) is 31.7 Å². The fourth-order valence-corrected chi connectivity index (χ4v) is 3.59. The van der Waals surface area contributed by atoms with E-state index in [1.165, 1.54) is 31.1 Å². The molecule has 2 atom stereocenters. The Morgan fingerprint density at radius 2 is 2.24 bits per heavy atom. The third-order valence-electron chi connectivity index (χ3n) is 4.37. The summed E-state index contributed by atoms with van der Waals surface area (Å²) in [4.78, 5) is 14.5. The van der Waals surface area contributed by atoms with Gasteiger partial charge < -0.3 is 9.88 Å². The molecule has 0 radical (unpaired) electrons. The van der Waals surface area contributed by atoms with E-state index in [2.05, 4.69) is 25.9 Å². The highest BCUT2D eigenvalue weighted by Crippen LogP contribution is 2.40. The minimum atomic E-state index is 0.725. The van der Waals surface area contributed by atoms with Crippen LogP contribution in [0.4, 0.5) is 5.82 Å². The predicted molar refractivity (Wildman–Crippen MR) is 67.0 cm³/mol. The maximum absolute atomic E-state index is 4.52. The number of fused-ring (bicyclic) bond motifs is 2. The lowest BCUT2D eigenvalue weighted by atomic mass is 10.0. The molecule has 2 fully saturated rings. The lowest BCUT2D eigenvalue weighted by Crippen LogP contribution is -2.30. The van der Waals surface area contributed by atoms with Crippen LogP contribution in [-0.4, -0.2) is 27.5 Å². The van der Waals surface area contributed by atoms with E-state index < -0.39 is 0 Å². The number of nitrogens with one attached hydrogen (secondary N) is 1. The molecule has 0 amide bonds. The summed E-state index contributed by atoms with van der Waals surface area (Å²) in [5.74, 6) is 2.03. The molecule has 0 bridgehead atoms. The second kappa shape index (κ2) is 3.45. The van der Waals surface area contributed by atoms with Crippen LogP contribution in [0.15, 0.2) is 18.6 Å². The van der Waals surface area contributed by atoms with Gasteiger partial charge in [0.05, 0.1) is 5.39 Å². The number of hydrogen-bond donors (Lipinski definition) is 1. The van der Waals surface area contributed by atoms with Crippen LogP contribution in [0.2, 0.25) is 0 Å². The van der Waals surface area contributed by atoms with Gasteiger partial charge in [0.15, 0.2) is 0 Å². The summed E-state index contributed by atoms with van der Waals surface area (Å²) in [6, 6.07) is 2.82. The van der Waals surface area contributed by atoms with E-state index in [1.807, 2.05) is 6.20 Å². The molecule has 1 aliphatic heterocycles. The van der Waals surface area contributed by atoms with Crippen molar-refractivity contribution >= 4 is 16.9 Å². The van der Waals surface area contributed by atoms with Gasteiger partial charge in [-0.25, -0.2) is 9.97 Å². The second-order valence-electron chi connectivity index (χ2n) is 5.18. The molecular weight excluding hydrogens is 212 g/mol. The van der Waals surface area contributed by atoms with Crippen LogP contribution in [0.25, 0.3) is 11.0 Å². The van der Waals surface area contributed by atoms with Crippen LogP contribution in [0.1, 0.15) is 25.7 Å². The summed E-state index contributed by atoms with van der Waals surface area (Å²) in [5, 5.41) is 1.17. The summed E-state index contributed by atoms with van der Waals surface area (Å²) >= 11 is 0. The van der Waals surface area contributed by atoms with Crippen molar-refractivity contribution in [2.24, 2.45) is 5.92 Å². The van der Waals surface area contributed by atoms with Gasteiger partial charge in [0.1, 0.15) is 17.8 Å². The molecule has 1 saturated carbocycles. The molecule has 0 unspecified atom stereocenters. The molecule has 88 valence electrons. The van der Waals surface area contributed by atoms with Gasteiger partial charge in [0, 0.05) is 18.8 Å². The summed E-state index contributed by atoms with van der Waals surface area (Å²) in [6.45, 7) is 1.16. The molecule has 2 aliphatic rings. The van der Waals surface area contributed by atoms with Gasteiger partial charge in [0.2, 0.25) is 0 Å². The molecule has 4 heteroatoms. The quantitative estimate of drug-likeness (QED) is 0.814. The fourth-order valence-electron chi connectivity index (χ4n) is 3.59. The van der Waals surface area contributed by atoms with Crippen molar-refractivity contribution in [3.63, 3.8) is 0 Å². The molecule has 17 heavy (non-hydrogen) atoms. The van der Waals surface area contributed by atoms with Crippen molar-refractivity contribution in [1.29, 1.82) is 0 Å². The van der Waals surface area contributed by atoms with E-state index in [0.717, 1.165) is 30.0 Å². The Bertz CT molecular complexity index is 547. The highest BCUT2D eigenvalue weighted by atomic mass is 15.2. The first-order chi connectivity index (χ1) is 8.43. The van der Waals surface area contributed by atoms with Gasteiger partial charge in [-0.2, -0.15) is 0 Å². The van der Waals surface area contributed by atoms with Crippen molar-refractivity contribution in [3.05, 3.63) is 18.6 Å².